The lowest BCUT2D eigenvalue weighted by Gasteiger charge is -2.29. The minimum Gasteiger partial charge on any atom is -0.439 e. The van der Waals surface area contributed by atoms with Gasteiger partial charge in [0.15, 0.2) is 0 Å². The number of rotatable bonds is 2. The van der Waals surface area contributed by atoms with Crippen molar-refractivity contribution < 1.29 is 4.42 Å². The van der Waals surface area contributed by atoms with Crippen LogP contribution in [0.25, 0.3) is 17.7 Å². The molecule has 0 fully saturated rings. The van der Waals surface area contributed by atoms with Gasteiger partial charge in [-0.25, -0.2) is 4.98 Å². The molecule has 24 heavy (non-hydrogen) atoms. The molecule has 2 aromatic heterocycles. The highest BCUT2D eigenvalue weighted by Crippen LogP contribution is 2.33. The van der Waals surface area contributed by atoms with Gasteiger partial charge in [0.05, 0.1) is 6.54 Å². The maximum Gasteiger partial charge on any atom is 0.245 e. The SMILES string of the molecule is C1=Cc2c(cccc2N2CCc3oc(-c4ccccn4)nc3C2)C1. The highest BCUT2D eigenvalue weighted by molar-refractivity contribution is 5.74. The summed E-state index contributed by atoms with van der Waals surface area (Å²) in [6, 6.07) is 12.4. The molecule has 1 aromatic carbocycles. The zero-order valence-corrected chi connectivity index (χ0v) is 13.3. The summed E-state index contributed by atoms with van der Waals surface area (Å²) in [4.78, 5) is 11.4. The molecule has 0 spiro atoms. The Kier molecular flexibility index (Phi) is 3.01. The number of pyridine rings is 1. The molecule has 5 rings (SSSR count). The Morgan fingerprint density at radius 2 is 2.08 bits per heavy atom. The molecule has 3 aromatic rings. The number of anilines is 1. The minimum absolute atomic E-state index is 0.626. The van der Waals surface area contributed by atoms with Gasteiger partial charge in [-0.1, -0.05) is 30.4 Å². The second-order valence-corrected chi connectivity index (χ2v) is 6.23. The second-order valence-electron chi connectivity index (χ2n) is 6.23. The predicted molar refractivity (Wildman–Crippen MR) is 93.7 cm³/mol. The van der Waals surface area contributed by atoms with Crippen molar-refractivity contribution in [2.45, 2.75) is 19.4 Å². The van der Waals surface area contributed by atoms with Gasteiger partial charge in [0.1, 0.15) is 17.1 Å². The van der Waals surface area contributed by atoms with Crippen LogP contribution >= 0.6 is 0 Å². The van der Waals surface area contributed by atoms with Crippen LogP contribution in [0.1, 0.15) is 22.6 Å². The van der Waals surface area contributed by atoms with E-state index < -0.39 is 0 Å². The van der Waals surface area contributed by atoms with Crippen LogP contribution in [0.4, 0.5) is 5.69 Å². The summed E-state index contributed by atoms with van der Waals surface area (Å²) >= 11 is 0. The van der Waals surface area contributed by atoms with Gasteiger partial charge in [-0.15, -0.1) is 0 Å². The highest BCUT2D eigenvalue weighted by Gasteiger charge is 2.25. The van der Waals surface area contributed by atoms with Crippen LogP contribution in [0, 0.1) is 0 Å². The molecule has 1 aliphatic carbocycles. The molecule has 0 bridgehead atoms. The third-order valence-corrected chi connectivity index (χ3v) is 4.75. The van der Waals surface area contributed by atoms with E-state index in [0.717, 1.165) is 43.1 Å². The fraction of sp³-hybridized carbons (Fsp3) is 0.200. The molecule has 0 amide bonds. The van der Waals surface area contributed by atoms with E-state index in [4.69, 9.17) is 9.40 Å². The van der Waals surface area contributed by atoms with Crippen LogP contribution in [0.15, 0.2) is 53.1 Å². The van der Waals surface area contributed by atoms with E-state index in [0.29, 0.717) is 5.89 Å². The first kappa shape index (κ1) is 13.5. The molecule has 0 unspecified atom stereocenters. The van der Waals surface area contributed by atoms with Crippen molar-refractivity contribution in [2.75, 3.05) is 11.4 Å². The van der Waals surface area contributed by atoms with Crippen LogP contribution in [0.3, 0.4) is 0 Å². The molecular formula is C20H17N3O. The van der Waals surface area contributed by atoms with E-state index >= 15 is 0 Å². The molecule has 4 heteroatoms. The molecule has 0 radical (unpaired) electrons. The maximum atomic E-state index is 5.95. The molecule has 0 atom stereocenters. The van der Waals surface area contributed by atoms with Gasteiger partial charge in [-0.05, 0) is 30.2 Å². The van der Waals surface area contributed by atoms with Crippen LogP contribution in [-0.4, -0.2) is 16.5 Å². The number of benzene rings is 1. The number of aromatic nitrogens is 2. The average Bonchev–Trinajstić information content (AvgIpc) is 3.28. The zero-order chi connectivity index (χ0) is 15.9. The van der Waals surface area contributed by atoms with E-state index in [-0.39, 0.29) is 0 Å². The lowest BCUT2D eigenvalue weighted by molar-refractivity contribution is 0.498. The van der Waals surface area contributed by atoms with E-state index in [1.807, 2.05) is 18.2 Å². The Labute approximate surface area is 140 Å². The fourth-order valence-corrected chi connectivity index (χ4v) is 3.55. The first-order valence-electron chi connectivity index (χ1n) is 8.32. The van der Waals surface area contributed by atoms with Crippen LogP contribution < -0.4 is 4.90 Å². The largest absolute Gasteiger partial charge is 0.439 e. The number of hydrogen-bond acceptors (Lipinski definition) is 4. The number of fused-ring (bicyclic) bond motifs is 2. The van der Waals surface area contributed by atoms with E-state index in [9.17, 15) is 0 Å². The van der Waals surface area contributed by atoms with Crippen molar-refractivity contribution in [1.29, 1.82) is 0 Å². The smallest absolute Gasteiger partial charge is 0.245 e. The molecule has 3 heterocycles. The minimum atomic E-state index is 0.626. The van der Waals surface area contributed by atoms with Gasteiger partial charge in [0.2, 0.25) is 5.89 Å². The molecule has 118 valence electrons. The third kappa shape index (κ3) is 2.14. The fourth-order valence-electron chi connectivity index (χ4n) is 3.55. The summed E-state index contributed by atoms with van der Waals surface area (Å²) in [7, 11) is 0. The summed E-state index contributed by atoms with van der Waals surface area (Å²) in [5, 5.41) is 0. The zero-order valence-electron chi connectivity index (χ0n) is 13.3. The maximum absolute atomic E-state index is 5.95. The molecule has 1 aliphatic heterocycles. The number of allylic oxidation sites excluding steroid dienone is 1. The standard InChI is InChI=1S/C20H17N3O/c1-2-11-21-16(8-1)20-22-17-13-23(12-10-19(17)24-20)18-9-4-6-14-5-3-7-15(14)18/h1-4,6-9,11H,5,10,12-13H2. The van der Waals surface area contributed by atoms with Crippen molar-refractivity contribution in [1.82, 2.24) is 9.97 Å². The predicted octanol–water partition coefficient (Wildman–Crippen LogP) is 3.87. The van der Waals surface area contributed by atoms with Gasteiger partial charge in [0, 0.05) is 30.4 Å². The van der Waals surface area contributed by atoms with Gasteiger partial charge in [-0.2, -0.15) is 0 Å². The Hall–Kier alpha value is -2.88. The quantitative estimate of drug-likeness (QED) is 0.720. The summed E-state index contributed by atoms with van der Waals surface area (Å²) < 4.78 is 5.95. The number of nitrogens with zero attached hydrogens (tertiary/aromatic N) is 3. The van der Waals surface area contributed by atoms with E-state index in [2.05, 4.69) is 40.2 Å². The van der Waals surface area contributed by atoms with Crippen LogP contribution in [0.2, 0.25) is 0 Å². The van der Waals surface area contributed by atoms with Gasteiger partial charge in [-0.3, -0.25) is 4.98 Å². The molecule has 2 aliphatic rings. The Morgan fingerprint density at radius 1 is 1.08 bits per heavy atom. The normalized spacial score (nSPS) is 15.4. The summed E-state index contributed by atoms with van der Waals surface area (Å²) in [6.45, 7) is 1.74. The van der Waals surface area contributed by atoms with Crippen molar-refractivity contribution >= 4 is 11.8 Å². The molecule has 0 saturated heterocycles. The molecule has 0 N–H and O–H groups in total. The van der Waals surface area contributed by atoms with Crippen LogP contribution in [-0.2, 0) is 19.4 Å². The second kappa shape index (κ2) is 5.34. The van der Waals surface area contributed by atoms with Crippen LogP contribution in [0.5, 0.6) is 0 Å². The molecule has 0 saturated carbocycles. The highest BCUT2D eigenvalue weighted by atomic mass is 16.4. The molecular weight excluding hydrogens is 298 g/mol. The average molecular weight is 315 g/mol. The van der Waals surface area contributed by atoms with Crippen molar-refractivity contribution in [3.05, 3.63) is 71.3 Å². The monoisotopic (exact) mass is 315 g/mol. The third-order valence-electron chi connectivity index (χ3n) is 4.75. The lowest BCUT2D eigenvalue weighted by Crippen LogP contribution is -2.30. The van der Waals surface area contributed by atoms with Crippen molar-refractivity contribution in [3.8, 4) is 11.6 Å². The Balaban J connectivity index is 1.48. The first-order valence-corrected chi connectivity index (χ1v) is 8.32. The topological polar surface area (TPSA) is 42.2 Å². The number of hydrogen-bond donors (Lipinski definition) is 0. The van der Waals surface area contributed by atoms with Gasteiger partial charge in [0.25, 0.3) is 0 Å². The number of oxazole rings is 1. The summed E-state index contributed by atoms with van der Waals surface area (Å²) in [5.41, 5.74) is 5.89. The summed E-state index contributed by atoms with van der Waals surface area (Å²) in [5.74, 6) is 1.62. The van der Waals surface area contributed by atoms with Gasteiger partial charge >= 0.3 is 0 Å². The van der Waals surface area contributed by atoms with Crippen molar-refractivity contribution in [2.24, 2.45) is 0 Å². The van der Waals surface area contributed by atoms with Gasteiger partial charge < -0.3 is 9.32 Å². The van der Waals surface area contributed by atoms with E-state index in [1.54, 1.807) is 6.20 Å². The Morgan fingerprint density at radius 3 is 3.00 bits per heavy atom. The first-order chi connectivity index (χ1) is 11.9. The van der Waals surface area contributed by atoms with E-state index in [1.165, 1.54) is 16.8 Å². The van der Waals surface area contributed by atoms with Crippen molar-refractivity contribution in [3.63, 3.8) is 0 Å². The Bertz CT molecular complexity index is 927. The lowest BCUT2D eigenvalue weighted by atomic mass is 10.0. The summed E-state index contributed by atoms with van der Waals surface area (Å²) in [6.07, 6.45) is 8.16. The molecule has 4 nitrogen and oxygen atoms in total.